The third kappa shape index (κ3) is 3.96. The summed E-state index contributed by atoms with van der Waals surface area (Å²) in [6.45, 7) is 9.99. The number of nitrogens with one attached hydrogen (secondary N) is 1. The fourth-order valence-electron chi connectivity index (χ4n) is 3.64. The van der Waals surface area contributed by atoms with Gasteiger partial charge in [0.1, 0.15) is 0 Å². The van der Waals surface area contributed by atoms with Gasteiger partial charge in [0.05, 0.1) is 0 Å². The van der Waals surface area contributed by atoms with Gasteiger partial charge in [-0.05, 0) is 76.5 Å². The molecule has 100 valence electrons. The fourth-order valence-corrected chi connectivity index (χ4v) is 3.64. The van der Waals surface area contributed by atoms with E-state index in [1.165, 1.54) is 64.7 Å². The molecule has 0 aromatic rings. The Morgan fingerprint density at radius 1 is 1.18 bits per heavy atom. The standard InChI is InChI=1S/C15H30N2/c1-13(2)15-6-4-12-17(15)11-3-5-14-7-9-16-10-8-14/h13-16H,3-12H2,1-2H3. The average Bonchev–Trinajstić information content (AvgIpc) is 2.79. The van der Waals surface area contributed by atoms with Crippen molar-refractivity contribution in [2.75, 3.05) is 26.2 Å². The predicted octanol–water partition coefficient (Wildman–Crippen LogP) is 2.89. The Hall–Kier alpha value is -0.0800. The molecule has 0 spiro atoms. The van der Waals surface area contributed by atoms with Gasteiger partial charge >= 0.3 is 0 Å². The van der Waals surface area contributed by atoms with Crippen molar-refractivity contribution in [2.24, 2.45) is 11.8 Å². The van der Waals surface area contributed by atoms with Crippen LogP contribution in [0.2, 0.25) is 0 Å². The molecule has 2 aliphatic heterocycles. The molecule has 2 aliphatic rings. The molecule has 2 heterocycles. The van der Waals surface area contributed by atoms with Crippen LogP contribution in [0, 0.1) is 11.8 Å². The van der Waals surface area contributed by atoms with Crippen molar-refractivity contribution in [2.45, 2.75) is 58.4 Å². The number of hydrogen-bond acceptors (Lipinski definition) is 2. The molecule has 0 bridgehead atoms. The zero-order valence-electron chi connectivity index (χ0n) is 11.8. The van der Waals surface area contributed by atoms with Gasteiger partial charge in [0, 0.05) is 6.04 Å². The molecule has 2 rings (SSSR count). The summed E-state index contributed by atoms with van der Waals surface area (Å²) in [7, 11) is 0. The molecule has 17 heavy (non-hydrogen) atoms. The van der Waals surface area contributed by atoms with Crippen LogP contribution in [0.3, 0.4) is 0 Å². The zero-order valence-corrected chi connectivity index (χ0v) is 11.8. The monoisotopic (exact) mass is 238 g/mol. The summed E-state index contributed by atoms with van der Waals surface area (Å²) in [4.78, 5) is 2.76. The van der Waals surface area contributed by atoms with E-state index in [1.54, 1.807) is 0 Å². The zero-order chi connectivity index (χ0) is 12.1. The van der Waals surface area contributed by atoms with Gasteiger partial charge in [-0.2, -0.15) is 0 Å². The van der Waals surface area contributed by atoms with E-state index in [9.17, 15) is 0 Å². The highest BCUT2D eigenvalue weighted by molar-refractivity contribution is 4.81. The van der Waals surface area contributed by atoms with Gasteiger partial charge in [-0.3, -0.25) is 0 Å². The Morgan fingerprint density at radius 2 is 1.94 bits per heavy atom. The molecule has 0 amide bonds. The number of likely N-dealkylation sites (tertiary alicyclic amines) is 1. The second-order valence-corrected chi connectivity index (χ2v) is 6.33. The van der Waals surface area contributed by atoms with Crippen LogP contribution in [0.5, 0.6) is 0 Å². The largest absolute Gasteiger partial charge is 0.317 e. The molecule has 1 atom stereocenters. The normalized spacial score (nSPS) is 28.1. The van der Waals surface area contributed by atoms with Crippen molar-refractivity contribution in [1.82, 2.24) is 10.2 Å². The summed E-state index contributed by atoms with van der Waals surface area (Å²) < 4.78 is 0. The molecule has 2 heteroatoms. The Labute approximate surface area is 107 Å². The molecule has 0 radical (unpaired) electrons. The Bertz CT molecular complexity index is 209. The smallest absolute Gasteiger partial charge is 0.0119 e. The van der Waals surface area contributed by atoms with Gasteiger partial charge in [-0.25, -0.2) is 0 Å². The maximum Gasteiger partial charge on any atom is 0.0119 e. The van der Waals surface area contributed by atoms with Gasteiger partial charge in [0.15, 0.2) is 0 Å². The number of hydrogen-bond donors (Lipinski definition) is 1. The Morgan fingerprint density at radius 3 is 2.65 bits per heavy atom. The first-order valence-corrected chi connectivity index (χ1v) is 7.72. The lowest BCUT2D eigenvalue weighted by atomic mass is 9.93. The van der Waals surface area contributed by atoms with E-state index in [0.29, 0.717) is 0 Å². The lowest BCUT2D eigenvalue weighted by molar-refractivity contribution is 0.196. The van der Waals surface area contributed by atoms with Gasteiger partial charge in [0.25, 0.3) is 0 Å². The molecular formula is C15H30N2. The third-order valence-corrected chi connectivity index (χ3v) is 4.70. The molecule has 2 nitrogen and oxygen atoms in total. The molecule has 1 N–H and O–H groups in total. The fraction of sp³-hybridized carbons (Fsp3) is 1.00. The number of nitrogens with zero attached hydrogens (tertiary/aromatic N) is 1. The summed E-state index contributed by atoms with van der Waals surface area (Å²) in [5, 5.41) is 3.46. The van der Waals surface area contributed by atoms with Crippen LogP contribution >= 0.6 is 0 Å². The highest BCUT2D eigenvalue weighted by Crippen LogP contribution is 2.25. The van der Waals surface area contributed by atoms with Crippen molar-refractivity contribution < 1.29 is 0 Å². The Balaban J connectivity index is 1.63. The molecule has 0 saturated carbocycles. The Kier molecular flexibility index (Phi) is 5.30. The average molecular weight is 238 g/mol. The van der Waals surface area contributed by atoms with Crippen LogP contribution in [0.25, 0.3) is 0 Å². The van der Waals surface area contributed by atoms with Crippen LogP contribution in [-0.4, -0.2) is 37.1 Å². The van der Waals surface area contributed by atoms with E-state index in [2.05, 4.69) is 24.1 Å². The summed E-state index contributed by atoms with van der Waals surface area (Å²) in [6.07, 6.45) is 8.57. The predicted molar refractivity (Wildman–Crippen MR) is 74.3 cm³/mol. The van der Waals surface area contributed by atoms with Gasteiger partial charge in [-0.1, -0.05) is 13.8 Å². The minimum atomic E-state index is 0.844. The lowest BCUT2D eigenvalue weighted by Crippen LogP contribution is -2.34. The van der Waals surface area contributed by atoms with Crippen LogP contribution in [0.1, 0.15) is 52.4 Å². The first-order chi connectivity index (χ1) is 8.27. The van der Waals surface area contributed by atoms with Crippen molar-refractivity contribution in [3.05, 3.63) is 0 Å². The van der Waals surface area contributed by atoms with Gasteiger partial charge in [-0.15, -0.1) is 0 Å². The molecular weight excluding hydrogens is 208 g/mol. The van der Waals surface area contributed by atoms with E-state index in [0.717, 1.165) is 17.9 Å². The van der Waals surface area contributed by atoms with Crippen LogP contribution in [0.4, 0.5) is 0 Å². The van der Waals surface area contributed by atoms with E-state index in [1.807, 2.05) is 0 Å². The van der Waals surface area contributed by atoms with Crippen molar-refractivity contribution >= 4 is 0 Å². The lowest BCUT2D eigenvalue weighted by Gasteiger charge is -2.29. The highest BCUT2D eigenvalue weighted by Gasteiger charge is 2.26. The topological polar surface area (TPSA) is 15.3 Å². The van der Waals surface area contributed by atoms with E-state index in [-0.39, 0.29) is 0 Å². The first-order valence-electron chi connectivity index (χ1n) is 7.72. The van der Waals surface area contributed by atoms with Crippen molar-refractivity contribution in [3.63, 3.8) is 0 Å². The minimum Gasteiger partial charge on any atom is -0.317 e. The van der Waals surface area contributed by atoms with E-state index in [4.69, 9.17) is 0 Å². The van der Waals surface area contributed by atoms with E-state index < -0.39 is 0 Å². The maximum absolute atomic E-state index is 3.46. The second-order valence-electron chi connectivity index (χ2n) is 6.33. The minimum absolute atomic E-state index is 0.844. The molecule has 2 saturated heterocycles. The maximum atomic E-state index is 3.46. The molecule has 0 aromatic heterocycles. The van der Waals surface area contributed by atoms with Crippen LogP contribution in [-0.2, 0) is 0 Å². The van der Waals surface area contributed by atoms with Crippen LogP contribution < -0.4 is 5.32 Å². The second kappa shape index (κ2) is 6.75. The van der Waals surface area contributed by atoms with Crippen molar-refractivity contribution in [3.8, 4) is 0 Å². The first kappa shape index (κ1) is 13.4. The van der Waals surface area contributed by atoms with Crippen LogP contribution in [0.15, 0.2) is 0 Å². The molecule has 0 aromatic carbocycles. The van der Waals surface area contributed by atoms with Crippen molar-refractivity contribution in [1.29, 1.82) is 0 Å². The summed E-state index contributed by atoms with van der Waals surface area (Å²) in [5.41, 5.74) is 0. The van der Waals surface area contributed by atoms with Gasteiger partial charge < -0.3 is 10.2 Å². The molecule has 1 unspecified atom stereocenters. The SMILES string of the molecule is CC(C)C1CCCN1CCCC1CCNCC1. The quantitative estimate of drug-likeness (QED) is 0.792. The summed E-state index contributed by atoms with van der Waals surface area (Å²) >= 11 is 0. The molecule has 0 aliphatic carbocycles. The third-order valence-electron chi connectivity index (χ3n) is 4.70. The molecule has 2 fully saturated rings. The summed E-state index contributed by atoms with van der Waals surface area (Å²) in [6, 6.07) is 0.878. The highest BCUT2D eigenvalue weighted by atomic mass is 15.2. The van der Waals surface area contributed by atoms with Gasteiger partial charge in [0.2, 0.25) is 0 Å². The summed E-state index contributed by atoms with van der Waals surface area (Å²) in [5.74, 6) is 1.85. The van der Waals surface area contributed by atoms with E-state index >= 15 is 0 Å². The number of piperidine rings is 1. The number of rotatable bonds is 5.